The Kier molecular flexibility index (Phi) is 6.12. The topological polar surface area (TPSA) is 88.4 Å². The molecule has 0 saturated carbocycles. The lowest BCUT2D eigenvalue weighted by molar-refractivity contribution is -0.136. The van der Waals surface area contributed by atoms with Gasteiger partial charge in [0.25, 0.3) is 0 Å². The van der Waals surface area contributed by atoms with E-state index in [2.05, 4.69) is 24.5 Å². The molecule has 1 aromatic carbocycles. The number of benzene rings is 1. The van der Waals surface area contributed by atoms with Crippen LogP contribution in [-0.4, -0.2) is 18.4 Å². The highest BCUT2D eigenvalue weighted by Gasteiger charge is 2.13. The third-order valence-corrected chi connectivity index (χ3v) is 3.58. The van der Waals surface area contributed by atoms with Crippen molar-refractivity contribution >= 4 is 28.5 Å². The van der Waals surface area contributed by atoms with E-state index in [4.69, 9.17) is 4.42 Å². The van der Waals surface area contributed by atoms with Gasteiger partial charge in [0.1, 0.15) is 5.58 Å². The Hall–Kier alpha value is -2.63. The van der Waals surface area contributed by atoms with Crippen LogP contribution in [0.15, 0.2) is 39.5 Å². The summed E-state index contributed by atoms with van der Waals surface area (Å²) in [7, 11) is 0. The van der Waals surface area contributed by atoms with Crippen LogP contribution in [0.3, 0.4) is 0 Å². The standard InChI is InChI=1S/C18H22N2O4/c1-12(2)5-3-4-10-19-17(22)18(23)20-14-7-8-15-13(11-14)6-9-16(21)24-15/h6-9,11-12H,3-5,10H2,1-2H3,(H,19,22)(H,20,23). The largest absolute Gasteiger partial charge is 0.423 e. The monoisotopic (exact) mass is 330 g/mol. The minimum Gasteiger partial charge on any atom is -0.423 e. The van der Waals surface area contributed by atoms with Gasteiger partial charge in [-0.1, -0.05) is 26.7 Å². The van der Waals surface area contributed by atoms with Crippen molar-refractivity contribution in [1.82, 2.24) is 5.32 Å². The van der Waals surface area contributed by atoms with Crippen molar-refractivity contribution in [2.45, 2.75) is 33.1 Å². The molecule has 0 spiro atoms. The van der Waals surface area contributed by atoms with Gasteiger partial charge in [-0.2, -0.15) is 0 Å². The fraction of sp³-hybridized carbons (Fsp3) is 0.389. The molecule has 0 saturated heterocycles. The summed E-state index contributed by atoms with van der Waals surface area (Å²) in [6.45, 7) is 4.79. The Morgan fingerprint density at radius 3 is 2.62 bits per heavy atom. The minimum absolute atomic E-state index is 0.426. The van der Waals surface area contributed by atoms with Crippen molar-refractivity contribution in [3.8, 4) is 0 Å². The first-order valence-electron chi connectivity index (χ1n) is 8.09. The van der Waals surface area contributed by atoms with Crippen LogP contribution in [-0.2, 0) is 9.59 Å². The second-order valence-corrected chi connectivity index (χ2v) is 6.11. The predicted molar refractivity (Wildman–Crippen MR) is 92.8 cm³/mol. The molecule has 0 bridgehead atoms. The first-order chi connectivity index (χ1) is 11.5. The number of carbonyl (C=O) groups excluding carboxylic acids is 2. The maximum atomic E-state index is 11.9. The first-order valence-corrected chi connectivity index (χ1v) is 8.09. The smallest absolute Gasteiger partial charge is 0.336 e. The fourth-order valence-corrected chi connectivity index (χ4v) is 2.30. The molecule has 128 valence electrons. The minimum atomic E-state index is -0.712. The van der Waals surface area contributed by atoms with Crippen LogP contribution >= 0.6 is 0 Å². The van der Waals surface area contributed by atoms with Crippen LogP contribution in [0.4, 0.5) is 5.69 Å². The van der Waals surface area contributed by atoms with Crippen LogP contribution < -0.4 is 16.3 Å². The molecule has 0 radical (unpaired) electrons. The van der Waals surface area contributed by atoms with Gasteiger partial charge in [0, 0.05) is 23.7 Å². The molecule has 2 amide bonds. The molecule has 6 nitrogen and oxygen atoms in total. The number of hydrogen-bond donors (Lipinski definition) is 2. The molecule has 1 aromatic heterocycles. The van der Waals surface area contributed by atoms with Gasteiger partial charge in [0.2, 0.25) is 0 Å². The average Bonchev–Trinajstić information content (AvgIpc) is 2.54. The van der Waals surface area contributed by atoms with Gasteiger partial charge in [-0.3, -0.25) is 9.59 Å². The highest BCUT2D eigenvalue weighted by molar-refractivity contribution is 6.39. The van der Waals surface area contributed by atoms with Gasteiger partial charge in [-0.05, 0) is 36.6 Å². The second kappa shape index (κ2) is 8.29. The number of unbranched alkanes of at least 4 members (excludes halogenated alkanes) is 1. The Labute approximate surface area is 140 Å². The molecule has 2 aromatic rings. The molecule has 0 aliphatic carbocycles. The van der Waals surface area contributed by atoms with Gasteiger partial charge >= 0.3 is 17.4 Å². The van der Waals surface area contributed by atoms with E-state index in [0.717, 1.165) is 19.3 Å². The van der Waals surface area contributed by atoms with E-state index >= 15 is 0 Å². The molecule has 0 aliphatic heterocycles. The number of hydrogen-bond acceptors (Lipinski definition) is 4. The first kappa shape index (κ1) is 17.7. The van der Waals surface area contributed by atoms with Crippen molar-refractivity contribution in [1.29, 1.82) is 0 Å². The molecule has 2 N–H and O–H groups in total. The highest BCUT2D eigenvalue weighted by Crippen LogP contribution is 2.17. The lowest BCUT2D eigenvalue weighted by Gasteiger charge is -2.08. The quantitative estimate of drug-likeness (QED) is 0.484. The zero-order valence-electron chi connectivity index (χ0n) is 13.9. The Balaban J connectivity index is 1.86. The summed E-state index contributed by atoms with van der Waals surface area (Å²) in [6.07, 6.45) is 2.98. The van der Waals surface area contributed by atoms with Crippen LogP contribution in [0.5, 0.6) is 0 Å². The summed E-state index contributed by atoms with van der Waals surface area (Å²) in [6, 6.07) is 7.71. The third kappa shape index (κ3) is 5.22. The maximum Gasteiger partial charge on any atom is 0.336 e. The molecule has 24 heavy (non-hydrogen) atoms. The molecule has 0 aliphatic rings. The van der Waals surface area contributed by atoms with E-state index in [1.54, 1.807) is 24.3 Å². The normalized spacial score (nSPS) is 10.8. The van der Waals surface area contributed by atoms with E-state index in [0.29, 0.717) is 29.1 Å². The number of rotatable bonds is 6. The highest BCUT2D eigenvalue weighted by atomic mass is 16.4. The van der Waals surface area contributed by atoms with E-state index in [1.165, 1.54) is 6.07 Å². The van der Waals surface area contributed by atoms with Crippen LogP contribution in [0.2, 0.25) is 0 Å². The molecular formula is C18H22N2O4. The molecule has 2 rings (SSSR count). The lowest BCUT2D eigenvalue weighted by atomic mass is 10.1. The zero-order chi connectivity index (χ0) is 17.5. The summed E-state index contributed by atoms with van der Waals surface area (Å²) in [4.78, 5) is 34.8. The summed E-state index contributed by atoms with van der Waals surface area (Å²) < 4.78 is 5.01. The number of nitrogens with one attached hydrogen (secondary N) is 2. The van der Waals surface area contributed by atoms with Crippen LogP contribution in [0.25, 0.3) is 11.0 Å². The second-order valence-electron chi connectivity index (χ2n) is 6.11. The Bertz CT molecular complexity index is 780. The van der Waals surface area contributed by atoms with Crippen molar-refractivity contribution in [3.05, 3.63) is 40.8 Å². The number of anilines is 1. The molecule has 0 atom stereocenters. The summed E-state index contributed by atoms with van der Waals surface area (Å²) in [5.41, 5.74) is 0.461. The fourth-order valence-electron chi connectivity index (χ4n) is 2.30. The Morgan fingerprint density at radius 2 is 1.88 bits per heavy atom. The van der Waals surface area contributed by atoms with Gasteiger partial charge < -0.3 is 15.1 Å². The number of fused-ring (bicyclic) bond motifs is 1. The zero-order valence-corrected chi connectivity index (χ0v) is 13.9. The molecule has 0 unspecified atom stereocenters. The summed E-state index contributed by atoms with van der Waals surface area (Å²) in [5.74, 6) is -0.726. The van der Waals surface area contributed by atoms with E-state index in [1.807, 2.05) is 0 Å². The maximum absolute atomic E-state index is 11.9. The van der Waals surface area contributed by atoms with E-state index in [-0.39, 0.29) is 0 Å². The summed E-state index contributed by atoms with van der Waals surface area (Å²) in [5, 5.41) is 5.82. The lowest BCUT2D eigenvalue weighted by Crippen LogP contribution is -2.35. The van der Waals surface area contributed by atoms with Crippen molar-refractivity contribution in [3.63, 3.8) is 0 Å². The SMILES string of the molecule is CC(C)CCCCNC(=O)C(=O)Nc1ccc2oc(=O)ccc2c1. The van der Waals surface area contributed by atoms with Crippen molar-refractivity contribution in [2.75, 3.05) is 11.9 Å². The van der Waals surface area contributed by atoms with Crippen LogP contribution in [0, 0.1) is 5.92 Å². The number of amides is 2. The number of carbonyl (C=O) groups is 2. The van der Waals surface area contributed by atoms with Gasteiger partial charge in [-0.15, -0.1) is 0 Å². The van der Waals surface area contributed by atoms with Gasteiger partial charge in [0.15, 0.2) is 0 Å². The van der Waals surface area contributed by atoms with E-state index in [9.17, 15) is 14.4 Å². The van der Waals surface area contributed by atoms with Crippen molar-refractivity contribution < 1.29 is 14.0 Å². The molecule has 0 fully saturated rings. The molecular weight excluding hydrogens is 308 g/mol. The average molecular weight is 330 g/mol. The van der Waals surface area contributed by atoms with Crippen molar-refractivity contribution in [2.24, 2.45) is 5.92 Å². The van der Waals surface area contributed by atoms with Gasteiger partial charge in [0.05, 0.1) is 0 Å². The third-order valence-electron chi connectivity index (χ3n) is 3.58. The predicted octanol–water partition coefficient (Wildman–Crippen LogP) is 2.67. The summed E-state index contributed by atoms with van der Waals surface area (Å²) >= 11 is 0. The van der Waals surface area contributed by atoms with Crippen LogP contribution in [0.1, 0.15) is 33.1 Å². The van der Waals surface area contributed by atoms with Gasteiger partial charge in [-0.25, -0.2) is 4.79 Å². The Morgan fingerprint density at radius 1 is 1.08 bits per heavy atom. The molecule has 1 heterocycles. The molecule has 6 heteroatoms. The van der Waals surface area contributed by atoms with E-state index < -0.39 is 17.4 Å².